The Hall–Kier alpha value is -2.02. The van der Waals surface area contributed by atoms with Gasteiger partial charge in [0, 0.05) is 11.6 Å². The number of rotatable bonds is 0. The van der Waals surface area contributed by atoms with Gasteiger partial charge in [0.1, 0.15) is 0 Å². The van der Waals surface area contributed by atoms with Gasteiger partial charge in [-0.05, 0) is 16.7 Å². The summed E-state index contributed by atoms with van der Waals surface area (Å²) < 4.78 is 0. The second kappa shape index (κ2) is 2.76. The summed E-state index contributed by atoms with van der Waals surface area (Å²) in [5.74, 6) is 0. The second-order valence-electron chi connectivity index (χ2n) is 4.25. The molecular weight excluding hydrogens is 194 g/mol. The van der Waals surface area contributed by atoms with Gasteiger partial charge in [-0.2, -0.15) is 0 Å². The fourth-order valence-corrected chi connectivity index (χ4v) is 2.62. The van der Waals surface area contributed by atoms with Crippen molar-refractivity contribution in [3.8, 4) is 0 Å². The zero-order valence-electron chi connectivity index (χ0n) is 8.70. The third-order valence-electron chi connectivity index (χ3n) is 3.36. The first-order chi connectivity index (χ1) is 7.93. The van der Waals surface area contributed by atoms with Crippen LogP contribution in [0, 0.1) is 6.08 Å². The molecule has 2 aromatic carbocycles. The Morgan fingerprint density at radius 3 is 2.56 bits per heavy atom. The van der Waals surface area contributed by atoms with Gasteiger partial charge in [-0.3, -0.25) is 0 Å². The number of benzene rings is 2. The molecule has 1 atom stereocenters. The molecule has 2 heterocycles. The Bertz CT molecular complexity index is 599. The molecule has 4 rings (SSSR count). The molecule has 0 spiro atoms. The molecule has 1 N–H and O–H groups in total. The van der Waals surface area contributed by atoms with Crippen LogP contribution in [0.25, 0.3) is 5.70 Å². The molecular formula is C15H10N. The fraction of sp³-hybridized carbons (Fsp3) is 0.0667. The van der Waals surface area contributed by atoms with Crippen LogP contribution in [-0.4, -0.2) is 0 Å². The molecule has 1 heteroatoms. The van der Waals surface area contributed by atoms with Crippen LogP contribution >= 0.6 is 0 Å². The highest BCUT2D eigenvalue weighted by atomic mass is 15.0. The van der Waals surface area contributed by atoms with E-state index >= 15 is 0 Å². The molecule has 2 aromatic rings. The number of hydrogen-bond acceptors (Lipinski definition) is 1. The van der Waals surface area contributed by atoms with Crippen molar-refractivity contribution < 1.29 is 0 Å². The molecule has 16 heavy (non-hydrogen) atoms. The molecule has 0 aliphatic carbocycles. The van der Waals surface area contributed by atoms with Crippen LogP contribution in [-0.2, 0) is 0 Å². The van der Waals surface area contributed by atoms with Crippen LogP contribution in [0.5, 0.6) is 0 Å². The van der Waals surface area contributed by atoms with Gasteiger partial charge in [0.25, 0.3) is 0 Å². The maximum absolute atomic E-state index is 3.52. The van der Waals surface area contributed by atoms with Crippen LogP contribution in [0.1, 0.15) is 28.3 Å². The number of fused-ring (bicyclic) bond motifs is 7. The maximum atomic E-state index is 3.52. The van der Waals surface area contributed by atoms with Crippen molar-refractivity contribution in [2.24, 2.45) is 0 Å². The van der Waals surface area contributed by atoms with Crippen molar-refractivity contribution in [3.05, 3.63) is 76.9 Å². The van der Waals surface area contributed by atoms with Crippen LogP contribution in [0.15, 0.2) is 48.5 Å². The van der Waals surface area contributed by atoms with Crippen molar-refractivity contribution in [3.63, 3.8) is 0 Å². The number of nitrogens with one attached hydrogen (secondary N) is 1. The summed E-state index contributed by atoms with van der Waals surface area (Å²) in [6.07, 6.45) is 3.45. The van der Waals surface area contributed by atoms with Crippen LogP contribution in [0.3, 0.4) is 0 Å². The molecule has 1 nitrogen and oxygen atoms in total. The van der Waals surface area contributed by atoms with E-state index in [4.69, 9.17) is 0 Å². The Balaban J connectivity index is 2.07. The van der Waals surface area contributed by atoms with Gasteiger partial charge >= 0.3 is 0 Å². The topological polar surface area (TPSA) is 12.0 Å². The van der Waals surface area contributed by atoms with E-state index in [-0.39, 0.29) is 0 Å². The zero-order valence-corrected chi connectivity index (χ0v) is 8.70. The molecule has 0 amide bonds. The van der Waals surface area contributed by atoms with Gasteiger partial charge in [0.05, 0.1) is 11.7 Å². The van der Waals surface area contributed by atoms with Crippen LogP contribution in [0.4, 0.5) is 0 Å². The Kier molecular flexibility index (Phi) is 1.41. The van der Waals surface area contributed by atoms with Crippen molar-refractivity contribution in [2.45, 2.75) is 6.04 Å². The third-order valence-corrected chi connectivity index (χ3v) is 3.36. The Labute approximate surface area is 94.4 Å². The van der Waals surface area contributed by atoms with E-state index in [1.165, 1.54) is 22.3 Å². The predicted molar refractivity (Wildman–Crippen MR) is 63.6 cm³/mol. The average Bonchev–Trinajstić information content (AvgIpc) is 2.65. The van der Waals surface area contributed by atoms with Crippen molar-refractivity contribution in [1.29, 1.82) is 0 Å². The van der Waals surface area contributed by atoms with E-state index in [1.807, 2.05) is 0 Å². The quantitative estimate of drug-likeness (QED) is 0.695. The van der Waals surface area contributed by atoms with Gasteiger partial charge in [0.2, 0.25) is 0 Å². The maximum Gasteiger partial charge on any atom is 0.0780 e. The minimum atomic E-state index is 0.323. The lowest BCUT2D eigenvalue weighted by molar-refractivity contribution is 0.766. The summed E-state index contributed by atoms with van der Waals surface area (Å²) in [5.41, 5.74) is 6.35. The lowest BCUT2D eigenvalue weighted by Gasteiger charge is -2.19. The smallest absolute Gasteiger partial charge is 0.0780 e. The normalized spacial score (nSPS) is 19.5. The highest BCUT2D eigenvalue weighted by molar-refractivity contribution is 5.77. The van der Waals surface area contributed by atoms with E-state index < -0.39 is 0 Å². The largest absolute Gasteiger partial charge is 0.373 e. The minimum absolute atomic E-state index is 0.323. The van der Waals surface area contributed by atoms with Crippen LogP contribution in [0.2, 0.25) is 0 Å². The molecule has 1 unspecified atom stereocenters. The first-order valence-corrected chi connectivity index (χ1v) is 5.52. The summed E-state index contributed by atoms with van der Waals surface area (Å²) in [4.78, 5) is 0. The molecule has 0 fully saturated rings. The van der Waals surface area contributed by atoms with Gasteiger partial charge < -0.3 is 5.32 Å². The highest BCUT2D eigenvalue weighted by Gasteiger charge is 2.31. The van der Waals surface area contributed by atoms with E-state index in [0.717, 1.165) is 5.70 Å². The van der Waals surface area contributed by atoms with Gasteiger partial charge in [-0.1, -0.05) is 48.5 Å². The lowest BCUT2D eigenvalue weighted by Crippen LogP contribution is -2.17. The molecule has 2 aliphatic heterocycles. The molecule has 0 saturated carbocycles. The number of hydrogen-bond donors (Lipinski definition) is 1. The highest BCUT2D eigenvalue weighted by Crippen LogP contribution is 2.41. The Morgan fingerprint density at radius 1 is 0.875 bits per heavy atom. The summed E-state index contributed by atoms with van der Waals surface area (Å²) in [5, 5.41) is 3.52. The molecule has 2 aliphatic rings. The third kappa shape index (κ3) is 0.904. The SMILES string of the molecule is [C]1=C2NC(c3ccccc31)c1ccccc12. The summed E-state index contributed by atoms with van der Waals surface area (Å²) >= 11 is 0. The Morgan fingerprint density at radius 2 is 1.62 bits per heavy atom. The minimum Gasteiger partial charge on any atom is -0.373 e. The summed E-state index contributed by atoms with van der Waals surface area (Å²) in [6.45, 7) is 0. The fourth-order valence-electron chi connectivity index (χ4n) is 2.62. The molecule has 0 aromatic heterocycles. The lowest BCUT2D eigenvalue weighted by atomic mass is 9.96. The van der Waals surface area contributed by atoms with E-state index in [0.29, 0.717) is 6.04 Å². The van der Waals surface area contributed by atoms with Crippen molar-refractivity contribution in [2.75, 3.05) is 0 Å². The first-order valence-electron chi connectivity index (χ1n) is 5.52. The summed E-state index contributed by atoms with van der Waals surface area (Å²) in [7, 11) is 0. The second-order valence-corrected chi connectivity index (χ2v) is 4.25. The monoisotopic (exact) mass is 204 g/mol. The molecule has 2 bridgehead atoms. The summed E-state index contributed by atoms with van der Waals surface area (Å²) in [6, 6.07) is 17.3. The first kappa shape index (κ1) is 8.17. The zero-order chi connectivity index (χ0) is 10.5. The van der Waals surface area contributed by atoms with Crippen molar-refractivity contribution in [1.82, 2.24) is 5.32 Å². The van der Waals surface area contributed by atoms with Gasteiger partial charge in [-0.15, -0.1) is 0 Å². The van der Waals surface area contributed by atoms with Gasteiger partial charge in [-0.25, -0.2) is 0 Å². The average molecular weight is 204 g/mol. The van der Waals surface area contributed by atoms with E-state index in [9.17, 15) is 0 Å². The standard InChI is InChI=1S/C15H10N/c1-2-6-11-10(5-1)9-14-12-7-3-4-8-13(12)15(11)16-14/h1-8,15-16H. The van der Waals surface area contributed by atoms with E-state index in [1.54, 1.807) is 0 Å². The van der Waals surface area contributed by atoms with Gasteiger partial charge in [0.15, 0.2) is 0 Å². The van der Waals surface area contributed by atoms with Crippen molar-refractivity contribution >= 4 is 5.70 Å². The molecule has 75 valence electrons. The predicted octanol–water partition coefficient (Wildman–Crippen LogP) is 2.88. The molecule has 0 saturated heterocycles. The van der Waals surface area contributed by atoms with E-state index in [2.05, 4.69) is 59.9 Å². The van der Waals surface area contributed by atoms with Crippen LogP contribution < -0.4 is 5.32 Å². The molecule has 1 radical (unpaired) electrons.